The first-order valence-electron chi connectivity index (χ1n) is 10.0. The highest BCUT2D eigenvalue weighted by molar-refractivity contribution is 5.84. The van der Waals surface area contributed by atoms with Gasteiger partial charge in [-0.2, -0.15) is 0 Å². The number of fused-ring (bicyclic) bond motifs is 5. The molecule has 124 valence electrons. The van der Waals surface area contributed by atoms with Crippen molar-refractivity contribution >= 4 is 5.78 Å². The van der Waals surface area contributed by atoms with Crippen LogP contribution >= 0.6 is 0 Å². The lowest BCUT2D eigenvalue weighted by molar-refractivity contribution is -0.123. The minimum Gasteiger partial charge on any atom is -0.299 e. The molecule has 7 atom stereocenters. The first-order valence-corrected chi connectivity index (χ1v) is 10.0. The molecule has 4 saturated carbocycles. The molecular weight excluding hydrogens is 268 g/mol. The monoisotopic (exact) mass is 302 g/mol. The van der Waals surface area contributed by atoms with Gasteiger partial charge in [0.25, 0.3) is 0 Å². The summed E-state index contributed by atoms with van der Waals surface area (Å²) >= 11 is 0. The minimum atomic E-state index is 0.338. The molecule has 0 saturated heterocycles. The molecule has 0 amide bonds. The van der Waals surface area contributed by atoms with Crippen molar-refractivity contribution in [2.75, 3.05) is 0 Å². The van der Waals surface area contributed by atoms with E-state index < -0.39 is 0 Å². The summed E-state index contributed by atoms with van der Waals surface area (Å²) in [4.78, 5) is 12.6. The van der Waals surface area contributed by atoms with Crippen LogP contribution in [0.3, 0.4) is 0 Å². The second-order valence-electron chi connectivity index (χ2n) is 9.58. The molecule has 0 radical (unpaired) electrons. The third-order valence-corrected chi connectivity index (χ3v) is 9.03. The fourth-order valence-corrected chi connectivity index (χ4v) is 7.88. The first-order chi connectivity index (χ1) is 10.5. The van der Waals surface area contributed by atoms with Gasteiger partial charge in [-0.05, 0) is 79.4 Å². The van der Waals surface area contributed by atoms with E-state index in [9.17, 15) is 4.79 Å². The Morgan fingerprint density at radius 2 is 1.77 bits per heavy atom. The summed E-state index contributed by atoms with van der Waals surface area (Å²) in [6, 6.07) is 0. The molecule has 1 unspecified atom stereocenters. The molecule has 0 aromatic rings. The first kappa shape index (κ1) is 15.2. The average Bonchev–Trinajstić information content (AvgIpc) is 2.76. The lowest BCUT2D eigenvalue weighted by Crippen LogP contribution is -2.52. The number of hydrogen-bond donors (Lipinski definition) is 0. The zero-order valence-electron chi connectivity index (χ0n) is 14.9. The fourth-order valence-electron chi connectivity index (χ4n) is 7.88. The topological polar surface area (TPSA) is 17.1 Å². The molecule has 0 N–H and O–H groups in total. The van der Waals surface area contributed by atoms with Crippen LogP contribution in [0.4, 0.5) is 0 Å². The average molecular weight is 303 g/mol. The number of hydrogen-bond acceptors (Lipinski definition) is 1. The second kappa shape index (κ2) is 5.08. The lowest BCUT2D eigenvalue weighted by Gasteiger charge is -2.60. The SMILES string of the molecule is CC[C@H]1C(=O)C[C@H]2[C@@H]3CCC4CCCC[C@]4(C)[C@H]3CC[C@]12C. The number of Topliss-reactive ketones (excluding diaryl/α,β-unsaturated/α-hetero) is 1. The van der Waals surface area contributed by atoms with Gasteiger partial charge >= 0.3 is 0 Å². The second-order valence-corrected chi connectivity index (χ2v) is 9.58. The Hall–Kier alpha value is -0.330. The molecule has 0 aromatic heterocycles. The maximum atomic E-state index is 12.6. The summed E-state index contributed by atoms with van der Waals surface area (Å²) < 4.78 is 0. The van der Waals surface area contributed by atoms with Gasteiger partial charge in [0.2, 0.25) is 0 Å². The molecule has 0 spiro atoms. The van der Waals surface area contributed by atoms with E-state index >= 15 is 0 Å². The van der Waals surface area contributed by atoms with E-state index in [1.165, 1.54) is 51.4 Å². The Labute approximate surface area is 136 Å². The van der Waals surface area contributed by atoms with E-state index in [0.29, 0.717) is 28.4 Å². The highest BCUT2D eigenvalue weighted by Gasteiger charge is 2.61. The van der Waals surface area contributed by atoms with Gasteiger partial charge in [0.15, 0.2) is 0 Å². The van der Waals surface area contributed by atoms with Crippen LogP contribution in [0.5, 0.6) is 0 Å². The molecule has 22 heavy (non-hydrogen) atoms. The van der Waals surface area contributed by atoms with Crippen molar-refractivity contribution in [1.29, 1.82) is 0 Å². The van der Waals surface area contributed by atoms with E-state index in [-0.39, 0.29) is 0 Å². The van der Waals surface area contributed by atoms with Crippen LogP contribution in [0.2, 0.25) is 0 Å². The maximum absolute atomic E-state index is 12.6. The molecule has 4 aliphatic carbocycles. The van der Waals surface area contributed by atoms with Crippen molar-refractivity contribution in [2.24, 2.45) is 40.4 Å². The molecule has 1 heteroatoms. The van der Waals surface area contributed by atoms with Crippen molar-refractivity contribution in [3.05, 3.63) is 0 Å². The summed E-state index contributed by atoms with van der Waals surface area (Å²) in [6.45, 7) is 7.34. The number of rotatable bonds is 1. The van der Waals surface area contributed by atoms with Crippen molar-refractivity contribution in [3.8, 4) is 0 Å². The third-order valence-electron chi connectivity index (χ3n) is 9.03. The maximum Gasteiger partial charge on any atom is 0.136 e. The molecule has 1 nitrogen and oxygen atoms in total. The number of carbonyl (C=O) groups is 1. The van der Waals surface area contributed by atoms with Gasteiger partial charge in [0.05, 0.1) is 0 Å². The molecular formula is C21H34O. The van der Waals surface area contributed by atoms with Crippen molar-refractivity contribution < 1.29 is 4.79 Å². The van der Waals surface area contributed by atoms with E-state index in [4.69, 9.17) is 0 Å². The van der Waals surface area contributed by atoms with Crippen LogP contribution in [-0.2, 0) is 4.79 Å². The van der Waals surface area contributed by atoms with Gasteiger partial charge in [-0.15, -0.1) is 0 Å². The summed E-state index contributed by atoms with van der Waals surface area (Å²) in [5.41, 5.74) is 0.945. The Morgan fingerprint density at radius 1 is 0.955 bits per heavy atom. The predicted molar refractivity (Wildman–Crippen MR) is 90.5 cm³/mol. The molecule has 0 aliphatic heterocycles. The van der Waals surface area contributed by atoms with E-state index in [1.54, 1.807) is 0 Å². The van der Waals surface area contributed by atoms with Crippen LogP contribution in [0.15, 0.2) is 0 Å². The van der Waals surface area contributed by atoms with Gasteiger partial charge in [0, 0.05) is 12.3 Å². The lowest BCUT2D eigenvalue weighted by atomic mass is 9.45. The van der Waals surface area contributed by atoms with Crippen molar-refractivity contribution in [2.45, 2.75) is 85.0 Å². The Kier molecular flexibility index (Phi) is 3.51. The Morgan fingerprint density at radius 3 is 2.55 bits per heavy atom. The van der Waals surface area contributed by atoms with Crippen LogP contribution in [0.1, 0.15) is 85.0 Å². The minimum absolute atomic E-state index is 0.338. The summed E-state index contributed by atoms with van der Waals surface area (Å²) in [5, 5.41) is 0. The summed E-state index contributed by atoms with van der Waals surface area (Å²) in [6.07, 6.45) is 13.5. The largest absolute Gasteiger partial charge is 0.299 e. The predicted octanol–water partition coefficient (Wildman–Crippen LogP) is 5.62. The van der Waals surface area contributed by atoms with Crippen LogP contribution < -0.4 is 0 Å². The highest BCUT2D eigenvalue weighted by atomic mass is 16.1. The van der Waals surface area contributed by atoms with Crippen LogP contribution in [0.25, 0.3) is 0 Å². The van der Waals surface area contributed by atoms with Gasteiger partial charge in [-0.3, -0.25) is 4.79 Å². The molecule has 0 aromatic carbocycles. The number of ketones is 1. The molecule has 4 fully saturated rings. The quantitative estimate of drug-likeness (QED) is 0.614. The third kappa shape index (κ3) is 1.86. The summed E-state index contributed by atoms with van der Waals surface area (Å²) in [7, 11) is 0. The Bertz CT molecular complexity index is 469. The van der Waals surface area contributed by atoms with Gasteiger partial charge in [0.1, 0.15) is 5.78 Å². The standard InChI is InChI=1S/C21H34O/c1-4-16-19(22)13-18-15-9-8-14-7-5-6-11-20(14,2)17(15)10-12-21(16,18)3/h14-18H,4-13H2,1-3H3/t14?,15-,16+,17+,18+,20+,21-/m1/s1. The van der Waals surface area contributed by atoms with Gasteiger partial charge in [-0.25, -0.2) is 0 Å². The highest BCUT2D eigenvalue weighted by Crippen LogP contribution is 2.67. The van der Waals surface area contributed by atoms with Crippen LogP contribution in [-0.4, -0.2) is 5.78 Å². The molecule has 4 rings (SSSR count). The Balaban J connectivity index is 1.66. The van der Waals surface area contributed by atoms with E-state index in [0.717, 1.165) is 30.6 Å². The fraction of sp³-hybridized carbons (Fsp3) is 0.952. The summed E-state index contributed by atoms with van der Waals surface area (Å²) in [5.74, 6) is 4.46. The van der Waals surface area contributed by atoms with Gasteiger partial charge < -0.3 is 0 Å². The number of carbonyl (C=O) groups excluding carboxylic acids is 1. The van der Waals surface area contributed by atoms with Crippen LogP contribution in [0, 0.1) is 40.4 Å². The molecule has 0 heterocycles. The van der Waals surface area contributed by atoms with Gasteiger partial charge in [-0.1, -0.05) is 33.6 Å². The normalized spacial score (nSPS) is 54.5. The van der Waals surface area contributed by atoms with Crippen molar-refractivity contribution in [1.82, 2.24) is 0 Å². The molecule has 4 aliphatic rings. The zero-order valence-corrected chi connectivity index (χ0v) is 14.9. The zero-order chi connectivity index (χ0) is 15.5. The molecule has 0 bridgehead atoms. The van der Waals surface area contributed by atoms with E-state index in [1.807, 2.05) is 0 Å². The smallest absolute Gasteiger partial charge is 0.136 e. The van der Waals surface area contributed by atoms with E-state index in [2.05, 4.69) is 20.8 Å². The van der Waals surface area contributed by atoms with Crippen molar-refractivity contribution in [3.63, 3.8) is 0 Å².